The highest BCUT2D eigenvalue weighted by atomic mass is 19.4. The molecule has 1 aliphatic carbocycles. The van der Waals surface area contributed by atoms with E-state index in [4.69, 9.17) is 5.84 Å². The van der Waals surface area contributed by atoms with Gasteiger partial charge in [0.05, 0.1) is 6.04 Å². The van der Waals surface area contributed by atoms with Crippen molar-refractivity contribution in [3.05, 3.63) is 11.6 Å². The smallest absolute Gasteiger partial charge is 0.271 e. The maximum Gasteiger partial charge on any atom is 0.402 e. The van der Waals surface area contributed by atoms with Crippen molar-refractivity contribution in [1.29, 1.82) is 0 Å². The van der Waals surface area contributed by atoms with Gasteiger partial charge in [-0.2, -0.15) is 26.3 Å². The molecule has 1 atom stereocenters. The molecule has 3 N–H and O–H groups in total. The third-order valence-corrected chi connectivity index (χ3v) is 3.19. The Labute approximate surface area is 107 Å². The lowest BCUT2D eigenvalue weighted by molar-refractivity contribution is -0.289. The van der Waals surface area contributed by atoms with Gasteiger partial charge in [0.2, 0.25) is 0 Å². The second kappa shape index (κ2) is 6.13. The minimum atomic E-state index is -5.39. The van der Waals surface area contributed by atoms with Gasteiger partial charge in [0, 0.05) is 0 Å². The Kier molecular flexibility index (Phi) is 5.26. The van der Waals surface area contributed by atoms with Crippen LogP contribution in [-0.2, 0) is 0 Å². The molecular weight excluding hydrogens is 274 g/mol. The lowest BCUT2D eigenvalue weighted by atomic mass is 9.89. The van der Waals surface area contributed by atoms with Crippen LogP contribution in [0.2, 0.25) is 0 Å². The number of allylic oxidation sites excluding steroid dienone is 1. The number of nitrogens with two attached hydrogens (primary N) is 1. The van der Waals surface area contributed by atoms with Crippen molar-refractivity contribution in [2.45, 2.75) is 50.5 Å². The lowest BCUT2D eigenvalue weighted by Gasteiger charge is -2.31. The highest BCUT2D eigenvalue weighted by Crippen LogP contribution is 2.43. The van der Waals surface area contributed by atoms with Crippen LogP contribution in [0.3, 0.4) is 0 Å². The number of halogens is 6. The average Bonchev–Trinajstić information content (AvgIpc) is 2.50. The summed E-state index contributed by atoms with van der Waals surface area (Å²) in [6, 6.07) is -1.95. The third-order valence-electron chi connectivity index (χ3n) is 3.19. The highest BCUT2D eigenvalue weighted by molar-refractivity contribution is 5.15. The first-order chi connectivity index (χ1) is 8.68. The Morgan fingerprint density at radius 2 is 1.58 bits per heavy atom. The molecule has 0 saturated carbocycles. The van der Waals surface area contributed by atoms with E-state index in [1.54, 1.807) is 5.43 Å². The number of hydrogen-bond donors (Lipinski definition) is 2. The maximum atomic E-state index is 12.7. The fourth-order valence-corrected chi connectivity index (χ4v) is 2.30. The van der Waals surface area contributed by atoms with Gasteiger partial charge in [-0.25, -0.2) is 0 Å². The van der Waals surface area contributed by atoms with Crippen molar-refractivity contribution in [2.24, 2.45) is 11.8 Å². The van der Waals surface area contributed by atoms with Gasteiger partial charge in [0.15, 0.2) is 5.92 Å². The predicted octanol–water partition coefficient (Wildman–Crippen LogP) is 3.45. The molecule has 1 aliphatic rings. The van der Waals surface area contributed by atoms with Crippen LogP contribution < -0.4 is 11.3 Å². The zero-order chi connectivity index (χ0) is 14.7. The Morgan fingerprint density at radius 3 is 2.05 bits per heavy atom. The van der Waals surface area contributed by atoms with Crippen LogP contribution in [0.4, 0.5) is 26.3 Å². The Balaban J connectivity index is 3.06. The minimum Gasteiger partial charge on any atom is -0.271 e. The van der Waals surface area contributed by atoms with E-state index in [9.17, 15) is 26.3 Å². The van der Waals surface area contributed by atoms with Crippen molar-refractivity contribution in [3.8, 4) is 0 Å². The fraction of sp³-hybridized carbons (Fsp3) is 0.818. The minimum absolute atomic E-state index is 0.0969. The molecule has 1 rings (SSSR count). The van der Waals surface area contributed by atoms with Gasteiger partial charge in [0.1, 0.15) is 0 Å². The molecule has 8 heteroatoms. The monoisotopic (exact) mass is 290 g/mol. The summed E-state index contributed by atoms with van der Waals surface area (Å²) >= 11 is 0. The van der Waals surface area contributed by atoms with Crippen LogP contribution in [0.1, 0.15) is 32.1 Å². The predicted molar refractivity (Wildman–Crippen MR) is 57.9 cm³/mol. The third kappa shape index (κ3) is 4.38. The summed E-state index contributed by atoms with van der Waals surface area (Å²) in [5, 5.41) is 0. The first kappa shape index (κ1) is 16.3. The van der Waals surface area contributed by atoms with Gasteiger partial charge < -0.3 is 0 Å². The first-order valence-electron chi connectivity index (χ1n) is 5.96. The quantitative estimate of drug-likeness (QED) is 0.361. The molecule has 0 bridgehead atoms. The summed E-state index contributed by atoms with van der Waals surface area (Å²) in [6.07, 6.45) is -6.50. The molecule has 19 heavy (non-hydrogen) atoms. The molecular formula is C11H16F6N2. The molecule has 0 aliphatic heterocycles. The molecule has 0 fully saturated rings. The summed E-state index contributed by atoms with van der Waals surface area (Å²) < 4.78 is 76.0. The van der Waals surface area contributed by atoms with Crippen molar-refractivity contribution >= 4 is 0 Å². The van der Waals surface area contributed by atoms with E-state index in [1.165, 1.54) is 6.08 Å². The van der Waals surface area contributed by atoms with Crippen LogP contribution in [0.15, 0.2) is 11.6 Å². The maximum absolute atomic E-state index is 12.7. The molecule has 112 valence electrons. The number of hydrazine groups is 1. The van der Waals surface area contributed by atoms with Crippen LogP contribution in [0, 0.1) is 5.92 Å². The van der Waals surface area contributed by atoms with Gasteiger partial charge in [-0.15, -0.1) is 0 Å². The Hall–Kier alpha value is -0.760. The Morgan fingerprint density at radius 1 is 1.00 bits per heavy atom. The molecule has 0 radical (unpaired) electrons. The van der Waals surface area contributed by atoms with Gasteiger partial charge in [-0.3, -0.25) is 11.3 Å². The van der Waals surface area contributed by atoms with E-state index in [0.717, 1.165) is 12.8 Å². The van der Waals surface area contributed by atoms with Crippen molar-refractivity contribution in [1.82, 2.24) is 5.43 Å². The molecule has 1 unspecified atom stereocenters. The normalized spacial score (nSPS) is 20.1. The summed E-state index contributed by atoms with van der Waals surface area (Å²) in [5.74, 6) is 1.48. The van der Waals surface area contributed by atoms with Crippen LogP contribution in [0.25, 0.3) is 0 Å². The van der Waals surface area contributed by atoms with E-state index in [2.05, 4.69) is 0 Å². The molecule has 0 heterocycles. The van der Waals surface area contributed by atoms with Gasteiger partial charge in [0.25, 0.3) is 0 Å². The summed E-state index contributed by atoms with van der Waals surface area (Å²) in [7, 11) is 0. The van der Waals surface area contributed by atoms with E-state index in [0.29, 0.717) is 12.8 Å². The molecule has 0 aromatic carbocycles. The van der Waals surface area contributed by atoms with Crippen molar-refractivity contribution < 1.29 is 26.3 Å². The second-order valence-corrected chi connectivity index (χ2v) is 4.58. The number of nitrogens with one attached hydrogen (secondary N) is 1. The van der Waals surface area contributed by atoms with Gasteiger partial charge in [-0.05, 0) is 25.7 Å². The Bertz CT molecular complexity index is 306. The molecule has 0 aromatic heterocycles. The molecule has 0 saturated heterocycles. The van der Waals surface area contributed by atoms with Gasteiger partial charge in [-0.1, -0.05) is 18.1 Å². The van der Waals surface area contributed by atoms with Crippen LogP contribution >= 0.6 is 0 Å². The number of hydrogen-bond acceptors (Lipinski definition) is 2. The number of rotatable bonds is 3. The van der Waals surface area contributed by atoms with E-state index in [1.807, 2.05) is 0 Å². The first-order valence-corrected chi connectivity index (χ1v) is 5.96. The summed E-state index contributed by atoms with van der Waals surface area (Å²) in [6.45, 7) is 0. The summed E-state index contributed by atoms with van der Waals surface area (Å²) in [4.78, 5) is 0. The van der Waals surface area contributed by atoms with Crippen LogP contribution in [-0.4, -0.2) is 18.4 Å². The summed E-state index contributed by atoms with van der Waals surface area (Å²) in [5.41, 5.74) is 1.80. The van der Waals surface area contributed by atoms with Crippen molar-refractivity contribution in [3.63, 3.8) is 0 Å². The molecule has 0 spiro atoms. The zero-order valence-corrected chi connectivity index (χ0v) is 10.1. The van der Waals surface area contributed by atoms with Gasteiger partial charge >= 0.3 is 12.4 Å². The fourth-order valence-electron chi connectivity index (χ4n) is 2.30. The zero-order valence-electron chi connectivity index (χ0n) is 10.1. The second-order valence-electron chi connectivity index (χ2n) is 4.58. The standard InChI is InChI=1S/C11H16F6N2/c12-10(13,14)9(11(15,16)17)8(19-18)7-5-3-1-2-4-6-7/h5,8-9,19H,1-4,6,18H2. The molecule has 0 amide bonds. The van der Waals surface area contributed by atoms with Crippen molar-refractivity contribution in [2.75, 3.05) is 0 Å². The van der Waals surface area contributed by atoms with E-state index < -0.39 is 24.3 Å². The number of alkyl halides is 6. The average molecular weight is 290 g/mol. The van der Waals surface area contributed by atoms with E-state index >= 15 is 0 Å². The SMILES string of the molecule is NNC(C1=CCCCCC1)C(C(F)(F)F)C(F)(F)F. The topological polar surface area (TPSA) is 38.0 Å². The van der Waals surface area contributed by atoms with E-state index in [-0.39, 0.29) is 12.0 Å². The van der Waals surface area contributed by atoms with Crippen LogP contribution in [0.5, 0.6) is 0 Å². The largest absolute Gasteiger partial charge is 0.402 e. The molecule has 0 aromatic rings. The molecule has 2 nitrogen and oxygen atoms in total. The highest BCUT2D eigenvalue weighted by Gasteiger charge is 2.60. The lowest BCUT2D eigenvalue weighted by Crippen LogP contribution is -2.54.